The zero-order chi connectivity index (χ0) is 13.5. The molecular weight excluding hydrogens is 230 g/mol. The normalized spacial score (nSPS) is 14.0. The molecule has 0 radical (unpaired) electrons. The van der Waals surface area contributed by atoms with Crippen LogP contribution in [0.25, 0.3) is 0 Å². The highest BCUT2D eigenvalue weighted by molar-refractivity contribution is 5.83. The van der Waals surface area contributed by atoms with Gasteiger partial charge in [0, 0.05) is 6.42 Å². The largest absolute Gasteiger partial charge is 0.383 e. The summed E-state index contributed by atoms with van der Waals surface area (Å²) in [5.74, 6) is -0.500. The standard InChI is InChI=1S/C14H19NO3/c1-10(2)12(9-16)15-14(18)13(17)8-11-6-4-3-5-7-11/h3-7,9-10,12-13,17H,8H2,1-2H3,(H,15,18)/t12?,13-/m0/s1. The van der Waals surface area contributed by atoms with E-state index in [9.17, 15) is 14.7 Å². The van der Waals surface area contributed by atoms with Crippen molar-refractivity contribution in [2.45, 2.75) is 32.4 Å². The van der Waals surface area contributed by atoms with Crippen LogP contribution >= 0.6 is 0 Å². The van der Waals surface area contributed by atoms with Gasteiger partial charge in [0.1, 0.15) is 12.4 Å². The summed E-state index contributed by atoms with van der Waals surface area (Å²) in [7, 11) is 0. The summed E-state index contributed by atoms with van der Waals surface area (Å²) in [5, 5.41) is 12.3. The minimum atomic E-state index is -1.13. The molecule has 0 aliphatic heterocycles. The van der Waals surface area contributed by atoms with Gasteiger partial charge >= 0.3 is 0 Å². The first-order valence-electron chi connectivity index (χ1n) is 6.02. The molecule has 0 aliphatic carbocycles. The van der Waals surface area contributed by atoms with Gasteiger partial charge in [0.2, 0.25) is 5.91 Å². The first kappa shape index (κ1) is 14.4. The van der Waals surface area contributed by atoms with Gasteiger partial charge in [-0.15, -0.1) is 0 Å². The molecule has 1 amide bonds. The van der Waals surface area contributed by atoms with Crippen molar-refractivity contribution in [1.82, 2.24) is 5.32 Å². The zero-order valence-electron chi connectivity index (χ0n) is 10.7. The van der Waals surface area contributed by atoms with E-state index in [1.165, 1.54) is 0 Å². The van der Waals surface area contributed by atoms with Gasteiger partial charge in [0.15, 0.2) is 0 Å². The Bertz CT molecular complexity index is 389. The fraction of sp³-hybridized carbons (Fsp3) is 0.429. The maximum atomic E-state index is 11.7. The summed E-state index contributed by atoms with van der Waals surface area (Å²) in [5.41, 5.74) is 0.882. The van der Waals surface area contributed by atoms with Crippen molar-refractivity contribution in [1.29, 1.82) is 0 Å². The number of carbonyl (C=O) groups excluding carboxylic acids is 2. The Balaban J connectivity index is 2.54. The molecule has 18 heavy (non-hydrogen) atoms. The van der Waals surface area contributed by atoms with Crippen molar-refractivity contribution >= 4 is 12.2 Å². The smallest absolute Gasteiger partial charge is 0.249 e. The summed E-state index contributed by atoms with van der Waals surface area (Å²) in [6, 6.07) is 8.71. The Morgan fingerprint density at radius 1 is 1.33 bits per heavy atom. The van der Waals surface area contributed by atoms with E-state index in [4.69, 9.17) is 0 Å². The van der Waals surface area contributed by atoms with Crippen molar-refractivity contribution in [2.75, 3.05) is 0 Å². The second kappa shape index (κ2) is 6.91. The van der Waals surface area contributed by atoms with Gasteiger partial charge in [-0.05, 0) is 11.5 Å². The van der Waals surface area contributed by atoms with Crippen molar-refractivity contribution in [3.8, 4) is 0 Å². The monoisotopic (exact) mass is 249 g/mol. The number of nitrogens with one attached hydrogen (secondary N) is 1. The Labute approximate surface area is 107 Å². The second-order valence-electron chi connectivity index (χ2n) is 4.62. The van der Waals surface area contributed by atoms with E-state index in [2.05, 4.69) is 5.32 Å². The average molecular weight is 249 g/mol. The molecular formula is C14H19NO3. The molecule has 1 rings (SSSR count). The van der Waals surface area contributed by atoms with Crippen LogP contribution in [-0.4, -0.2) is 29.4 Å². The third-order valence-electron chi connectivity index (χ3n) is 2.75. The molecule has 2 N–H and O–H groups in total. The van der Waals surface area contributed by atoms with E-state index in [0.717, 1.165) is 5.56 Å². The predicted molar refractivity (Wildman–Crippen MR) is 69.0 cm³/mol. The number of hydrogen-bond donors (Lipinski definition) is 2. The number of carbonyl (C=O) groups is 2. The minimum Gasteiger partial charge on any atom is -0.383 e. The van der Waals surface area contributed by atoms with E-state index >= 15 is 0 Å². The number of rotatable bonds is 6. The van der Waals surface area contributed by atoms with Crippen molar-refractivity contribution in [3.63, 3.8) is 0 Å². The summed E-state index contributed by atoms with van der Waals surface area (Å²) < 4.78 is 0. The first-order chi connectivity index (χ1) is 8.54. The summed E-state index contributed by atoms with van der Waals surface area (Å²) in [6.07, 6.45) is -0.192. The first-order valence-corrected chi connectivity index (χ1v) is 6.02. The third-order valence-corrected chi connectivity index (χ3v) is 2.75. The van der Waals surface area contributed by atoms with Crippen molar-refractivity contribution in [2.24, 2.45) is 5.92 Å². The SMILES string of the molecule is CC(C)C(C=O)NC(=O)[C@@H](O)Cc1ccccc1. The van der Waals surface area contributed by atoms with E-state index in [1.807, 2.05) is 44.2 Å². The van der Waals surface area contributed by atoms with Crippen LogP contribution in [0, 0.1) is 5.92 Å². The van der Waals surface area contributed by atoms with Crippen LogP contribution in [0.4, 0.5) is 0 Å². The molecule has 4 nitrogen and oxygen atoms in total. The van der Waals surface area contributed by atoms with Gasteiger partial charge in [-0.25, -0.2) is 0 Å². The van der Waals surface area contributed by atoms with Crippen LogP contribution < -0.4 is 5.32 Å². The van der Waals surface area contributed by atoms with Crippen LogP contribution in [0.3, 0.4) is 0 Å². The molecule has 0 saturated carbocycles. The number of benzene rings is 1. The minimum absolute atomic E-state index is 0.00961. The highest BCUT2D eigenvalue weighted by Gasteiger charge is 2.20. The van der Waals surface area contributed by atoms with Gasteiger partial charge in [-0.1, -0.05) is 44.2 Å². The Morgan fingerprint density at radius 3 is 2.44 bits per heavy atom. The van der Waals surface area contributed by atoms with Crippen LogP contribution in [0.15, 0.2) is 30.3 Å². The summed E-state index contributed by atoms with van der Waals surface area (Å²) >= 11 is 0. The molecule has 1 unspecified atom stereocenters. The number of aliphatic hydroxyl groups excluding tert-OH is 1. The van der Waals surface area contributed by atoms with Crippen LogP contribution in [0.2, 0.25) is 0 Å². The highest BCUT2D eigenvalue weighted by Crippen LogP contribution is 2.04. The molecule has 0 spiro atoms. The maximum absolute atomic E-state index is 11.7. The van der Waals surface area contributed by atoms with Gasteiger partial charge in [-0.2, -0.15) is 0 Å². The average Bonchev–Trinajstić information content (AvgIpc) is 2.36. The van der Waals surface area contributed by atoms with E-state index in [0.29, 0.717) is 6.29 Å². The van der Waals surface area contributed by atoms with Gasteiger partial charge < -0.3 is 15.2 Å². The molecule has 98 valence electrons. The van der Waals surface area contributed by atoms with E-state index < -0.39 is 18.1 Å². The maximum Gasteiger partial charge on any atom is 0.249 e. The molecule has 2 atom stereocenters. The lowest BCUT2D eigenvalue weighted by molar-refractivity contribution is -0.131. The fourth-order valence-corrected chi connectivity index (χ4v) is 1.55. The van der Waals surface area contributed by atoms with Gasteiger partial charge in [0.25, 0.3) is 0 Å². The molecule has 0 fully saturated rings. The molecule has 0 heterocycles. The molecule has 1 aromatic rings. The molecule has 0 saturated heterocycles. The van der Waals surface area contributed by atoms with Crippen molar-refractivity contribution < 1.29 is 14.7 Å². The van der Waals surface area contributed by atoms with Gasteiger partial charge in [0.05, 0.1) is 6.04 Å². The molecule has 0 aliphatic rings. The molecule has 0 aromatic heterocycles. The lowest BCUT2D eigenvalue weighted by Crippen LogP contribution is -2.45. The molecule has 4 heteroatoms. The second-order valence-corrected chi connectivity index (χ2v) is 4.62. The molecule has 0 bridgehead atoms. The lowest BCUT2D eigenvalue weighted by Gasteiger charge is -2.18. The topological polar surface area (TPSA) is 66.4 Å². The van der Waals surface area contributed by atoms with E-state index in [1.54, 1.807) is 0 Å². The predicted octanol–water partition coefficient (Wildman–Crippen LogP) is 0.930. The Morgan fingerprint density at radius 2 is 1.94 bits per heavy atom. The zero-order valence-corrected chi connectivity index (χ0v) is 10.7. The van der Waals surface area contributed by atoms with Crippen LogP contribution in [0.1, 0.15) is 19.4 Å². The molecule has 1 aromatic carbocycles. The number of amides is 1. The van der Waals surface area contributed by atoms with E-state index in [-0.39, 0.29) is 12.3 Å². The number of aldehydes is 1. The lowest BCUT2D eigenvalue weighted by atomic mass is 10.0. The fourth-order valence-electron chi connectivity index (χ4n) is 1.55. The van der Waals surface area contributed by atoms with Crippen molar-refractivity contribution in [3.05, 3.63) is 35.9 Å². The van der Waals surface area contributed by atoms with Crippen LogP contribution in [0.5, 0.6) is 0 Å². The van der Waals surface area contributed by atoms with Crippen LogP contribution in [-0.2, 0) is 16.0 Å². The number of aliphatic hydroxyl groups is 1. The number of hydrogen-bond acceptors (Lipinski definition) is 3. The highest BCUT2D eigenvalue weighted by atomic mass is 16.3. The summed E-state index contributed by atoms with van der Waals surface area (Å²) in [6.45, 7) is 3.67. The Hall–Kier alpha value is -1.68. The Kier molecular flexibility index (Phi) is 5.52. The third kappa shape index (κ3) is 4.30. The quantitative estimate of drug-likeness (QED) is 0.737. The summed E-state index contributed by atoms with van der Waals surface area (Å²) in [4.78, 5) is 22.5. The van der Waals surface area contributed by atoms with Gasteiger partial charge in [-0.3, -0.25) is 4.79 Å².